The number of benzene rings is 2. The van der Waals surface area contributed by atoms with Crippen molar-refractivity contribution in [2.24, 2.45) is 5.14 Å². The van der Waals surface area contributed by atoms with Crippen LogP contribution in [0.15, 0.2) is 58.3 Å². The highest BCUT2D eigenvalue weighted by Crippen LogP contribution is 2.18. The maximum atomic E-state index is 12.5. The molecule has 0 saturated carbocycles. The number of likely N-dealkylation sites (N-methyl/N-ethyl adjacent to an activating group) is 1. The third-order valence-corrected chi connectivity index (χ3v) is 6.42. The van der Waals surface area contributed by atoms with Gasteiger partial charge in [-0.15, -0.1) is 0 Å². The zero-order valence-electron chi connectivity index (χ0n) is 13.9. The highest BCUT2D eigenvalue weighted by atomic mass is 32.2. The molecular formula is C16H20N2O5S2. The number of nitrogens with two attached hydrogens (primary N) is 1. The van der Waals surface area contributed by atoms with E-state index in [0.717, 1.165) is 9.87 Å². The molecule has 0 bridgehead atoms. The summed E-state index contributed by atoms with van der Waals surface area (Å²) in [6.07, 6.45) is 0. The van der Waals surface area contributed by atoms with Crippen LogP contribution in [-0.2, 0) is 20.0 Å². The molecule has 0 aliphatic heterocycles. The van der Waals surface area contributed by atoms with Gasteiger partial charge in [-0.3, -0.25) is 0 Å². The van der Waals surface area contributed by atoms with Crippen LogP contribution in [0.5, 0.6) is 5.75 Å². The summed E-state index contributed by atoms with van der Waals surface area (Å²) in [6.45, 7) is 2.24. The molecule has 0 atom stereocenters. The molecule has 0 aliphatic carbocycles. The van der Waals surface area contributed by atoms with Crippen LogP contribution in [0.4, 0.5) is 0 Å². The number of ether oxygens (including phenoxy) is 1. The van der Waals surface area contributed by atoms with Crippen LogP contribution in [0, 0.1) is 6.92 Å². The number of rotatable bonds is 7. The summed E-state index contributed by atoms with van der Waals surface area (Å²) < 4.78 is 54.2. The maximum Gasteiger partial charge on any atom is 0.242 e. The topological polar surface area (TPSA) is 107 Å². The van der Waals surface area contributed by atoms with Gasteiger partial charge in [0, 0.05) is 13.6 Å². The molecule has 0 aromatic heterocycles. The standard InChI is InChI=1S/C16H20N2O5S2/c1-13-5-3-4-6-16(13)23-12-11-18(2)25(21,22)15-9-7-14(8-10-15)24(17,19)20/h3-10H,11-12H2,1-2H3,(H2,17,19,20). The molecular weight excluding hydrogens is 364 g/mol. The zero-order valence-corrected chi connectivity index (χ0v) is 15.5. The third-order valence-electron chi connectivity index (χ3n) is 3.62. The van der Waals surface area contributed by atoms with Crippen molar-refractivity contribution in [3.8, 4) is 5.75 Å². The quantitative estimate of drug-likeness (QED) is 0.775. The Morgan fingerprint density at radius 3 is 2.08 bits per heavy atom. The van der Waals surface area contributed by atoms with Crippen molar-refractivity contribution in [3.63, 3.8) is 0 Å². The van der Waals surface area contributed by atoms with E-state index >= 15 is 0 Å². The number of aryl methyl sites for hydroxylation is 1. The Bertz CT molecular complexity index is 939. The smallest absolute Gasteiger partial charge is 0.242 e. The van der Waals surface area contributed by atoms with E-state index in [-0.39, 0.29) is 22.9 Å². The predicted molar refractivity (Wildman–Crippen MR) is 94.3 cm³/mol. The van der Waals surface area contributed by atoms with E-state index < -0.39 is 20.0 Å². The molecule has 136 valence electrons. The van der Waals surface area contributed by atoms with Crippen molar-refractivity contribution in [2.45, 2.75) is 16.7 Å². The molecule has 2 N–H and O–H groups in total. The minimum absolute atomic E-state index is 0.0155. The second-order valence-electron chi connectivity index (χ2n) is 5.46. The Balaban J connectivity index is 2.05. The summed E-state index contributed by atoms with van der Waals surface area (Å²) in [4.78, 5) is -0.157. The van der Waals surface area contributed by atoms with E-state index in [2.05, 4.69) is 0 Å². The van der Waals surface area contributed by atoms with Crippen molar-refractivity contribution < 1.29 is 21.6 Å². The second-order valence-corrected chi connectivity index (χ2v) is 9.06. The van der Waals surface area contributed by atoms with Gasteiger partial charge >= 0.3 is 0 Å². The molecule has 0 fully saturated rings. The molecule has 0 spiro atoms. The fourth-order valence-electron chi connectivity index (χ4n) is 2.10. The molecule has 9 heteroatoms. The lowest BCUT2D eigenvalue weighted by molar-refractivity contribution is 0.285. The molecule has 25 heavy (non-hydrogen) atoms. The van der Waals surface area contributed by atoms with Gasteiger partial charge < -0.3 is 4.74 Å². The molecule has 0 heterocycles. The Labute approximate surface area is 148 Å². The molecule has 0 saturated heterocycles. The van der Waals surface area contributed by atoms with E-state index in [9.17, 15) is 16.8 Å². The largest absolute Gasteiger partial charge is 0.492 e. The number of sulfonamides is 2. The second kappa shape index (κ2) is 7.52. The van der Waals surface area contributed by atoms with Gasteiger partial charge in [0.25, 0.3) is 0 Å². The van der Waals surface area contributed by atoms with Crippen LogP contribution in [0.3, 0.4) is 0 Å². The number of hydrogen-bond donors (Lipinski definition) is 1. The first-order valence-electron chi connectivity index (χ1n) is 7.40. The maximum absolute atomic E-state index is 12.5. The van der Waals surface area contributed by atoms with Crippen molar-refractivity contribution in [1.82, 2.24) is 4.31 Å². The number of primary sulfonamides is 1. The number of nitrogens with zero attached hydrogens (tertiary/aromatic N) is 1. The zero-order chi connectivity index (χ0) is 18.7. The van der Waals surface area contributed by atoms with E-state index in [4.69, 9.17) is 9.88 Å². The molecule has 0 unspecified atom stereocenters. The Hall–Kier alpha value is -1.94. The lowest BCUT2D eigenvalue weighted by atomic mass is 10.2. The Morgan fingerprint density at radius 1 is 0.960 bits per heavy atom. The van der Waals surface area contributed by atoms with Crippen LogP contribution in [0.2, 0.25) is 0 Å². The minimum atomic E-state index is -3.86. The van der Waals surface area contributed by atoms with Crippen LogP contribution in [-0.4, -0.2) is 41.3 Å². The van der Waals surface area contributed by atoms with Gasteiger partial charge in [0.05, 0.1) is 9.79 Å². The fourth-order valence-corrected chi connectivity index (χ4v) is 3.77. The third kappa shape index (κ3) is 4.79. The monoisotopic (exact) mass is 384 g/mol. The van der Waals surface area contributed by atoms with Gasteiger partial charge in [0.1, 0.15) is 12.4 Å². The summed E-state index contributed by atoms with van der Waals surface area (Å²) in [5.41, 5.74) is 0.964. The van der Waals surface area contributed by atoms with Crippen molar-refractivity contribution in [2.75, 3.05) is 20.2 Å². The minimum Gasteiger partial charge on any atom is -0.492 e. The molecule has 0 radical (unpaired) electrons. The first-order valence-corrected chi connectivity index (χ1v) is 10.4. The van der Waals surface area contributed by atoms with Gasteiger partial charge in [0.15, 0.2) is 0 Å². The fraction of sp³-hybridized carbons (Fsp3) is 0.250. The molecule has 2 aromatic carbocycles. The average Bonchev–Trinajstić information content (AvgIpc) is 2.55. The SMILES string of the molecule is Cc1ccccc1OCCN(C)S(=O)(=O)c1ccc(S(N)(=O)=O)cc1. The molecule has 2 rings (SSSR count). The lowest BCUT2D eigenvalue weighted by Crippen LogP contribution is -2.31. The van der Waals surface area contributed by atoms with Crippen LogP contribution < -0.4 is 9.88 Å². The van der Waals surface area contributed by atoms with Gasteiger partial charge in [-0.1, -0.05) is 18.2 Å². The summed E-state index contributed by atoms with van der Waals surface area (Å²) in [6, 6.07) is 12.2. The van der Waals surface area contributed by atoms with Crippen LogP contribution in [0.1, 0.15) is 5.56 Å². The first-order chi connectivity index (χ1) is 11.6. The van der Waals surface area contributed by atoms with Gasteiger partial charge in [-0.05, 0) is 42.8 Å². The lowest BCUT2D eigenvalue weighted by Gasteiger charge is -2.18. The summed E-state index contributed by atoms with van der Waals surface area (Å²) in [7, 11) is -6.18. The molecule has 2 aromatic rings. The highest BCUT2D eigenvalue weighted by Gasteiger charge is 2.21. The van der Waals surface area contributed by atoms with Crippen molar-refractivity contribution >= 4 is 20.0 Å². The van der Waals surface area contributed by atoms with Crippen LogP contribution >= 0.6 is 0 Å². The molecule has 0 aliphatic rings. The van der Waals surface area contributed by atoms with Gasteiger partial charge in [-0.25, -0.2) is 22.0 Å². The summed E-state index contributed by atoms with van der Waals surface area (Å²) in [5.74, 6) is 0.700. The highest BCUT2D eigenvalue weighted by molar-refractivity contribution is 7.89. The van der Waals surface area contributed by atoms with Gasteiger partial charge in [0.2, 0.25) is 20.0 Å². The van der Waals surface area contributed by atoms with E-state index in [0.29, 0.717) is 5.75 Å². The predicted octanol–water partition coefficient (Wildman–Crippen LogP) is 1.34. The summed E-state index contributed by atoms with van der Waals surface area (Å²) in [5, 5.41) is 5.00. The number of para-hydroxylation sites is 1. The van der Waals surface area contributed by atoms with Crippen LogP contribution in [0.25, 0.3) is 0 Å². The normalized spacial score (nSPS) is 12.3. The first kappa shape index (κ1) is 19.4. The summed E-state index contributed by atoms with van der Waals surface area (Å²) >= 11 is 0. The molecule has 0 amide bonds. The van der Waals surface area contributed by atoms with Crippen molar-refractivity contribution in [1.29, 1.82) is 0 Å². The van der Waals surface area contributed by atoms with Gasteiger partial charge in [-0.2, -0.15) is 4.31 Å². The van der Waals surface area contributed by atoms with Crippen molar-refractivity contribution in [3.05, 3.63) is 54.1 Å². The average molecular weight is 384 g/mol. The van der Waals surface area contributed by atoms with E-state index in [1.165, 1.54) is 31.3 Å². The van der Waals surface area contributed by atoms with E-state index in [1.807, 2.05) is 31.2 Å². The molecule has 7 nitrogen and oxygen atoms in total. The Morgan fingerprint density at radius 2 is 1.52 bits per heavy atom. The number of hydrogen-bond acceptors (Lipinski definition) is 5. The Kier molecular flexibility index (Phi) is 5.83. The van der Waals surface area contributed by atoms with E-state index in [1.54, 1.807) is 0 Å².